The topological polar surface area (TPSA) is 25.2 Å². The van der Waals surface area contributed by atoms with Gasteiger partial charge in [0.1, 0.15) is 5.75 Å². The second-order valence-electron chi connectivity index (χ2n) is 9.06. The lowest BCUT2D eigenvalue weighted by Crippen LogP contribution is -2.01. The van der Waals surface area contributed by atoms with Gasteiger partial charge in [0.05, 0.1) is 11.4 Å². The fourth-order valence-corrected chi connectivity index (χ4v) is 5.50. The van der Waals surface area contributed by atoms with Crippen molar-refractivity contribution in [3.8, 4) is 33.8 Å². The zero-order chi connectivity index (χ0) is 22.4. The molecule has 162 valence electrons. The van der Waals surface area contributed by atoms with Crippen molar-refractivity contribution in [1.29, 1.82) is 0 Å². The average molecular weight is 430 g/mol. The Morgan fingerprint density at radius 3 is 2.15 bits per heavy atom. The molecule has 0 unspecified atom stereocenters. The third-order valence-corrected chi connectivity index (χ3v) is 7.10. The van der Waals surface area contributed by atoms with Gasteiger partial charge in [-0.1, -0.05) is 72.8 Å². The summed E-state index contributed by atoms with van der Waals surface area (Å²) >= 11 is 0. The summed E-state index contributed by atoms with van der Waals surface area (Å²) in [5, 5.41) is 12.5. The van der Waals surface area contributed by atoms with Crippen LogP contribution < -0.4 is 0 Å². The van der Waals surface area contributed by atoms with Gasteiger partial charge >= 0.3 is 0 Å². The first-order valence-corrected chi connectivity index (χ1v) is 11.8. The number of phenols is 1. The van der Waals surface area contributed by atoms with E-state index in [9.17, 15) is 5.11 Å². The summed E-state index contributed by atoms with van der Waals surface area (Å²) in [7, 11) is 0. The Balaban J connectivity index is 1.59. The molecule has 2 heteroatoms. The first-order valence-electron chi connectivity index (χ1n) is 11.8. The molecule has 2 nitrogen and oxygen atoms in total. The number of hydrogen-bond acceptors (Lipinski definition) is 1. The molecule has 4 aromatic carbocycles. The van der Waals surface area contributed by atoms with Gasteiger partial charge in [-0.3, -0.25) is 0 Å². The highest BCUT2D eigenvalue weighted by atomic mass is 16.3. The Morgan fingerprint density at radius 2 is 1.36 bits per heavy atom. The Bertz CT molecular complexity index is 1460. The van der Waals surface area contributed by atoms with Crippen molar-refractivity contribution in [3.63, 3.8) is 0 Å². The molecule has 1 aliphatic carbocycles. The third-order valence-electron chi connectivity index (χ3n) is 7.10. The molecule has 0 saturated heterocycles. The smallest absolute Gasteiger partial charge is 0.116 e. The lowest BCUT2D eigenvalue weighted by Gasteiger charge is -2.17. The predicted molar refractivity (Wildman–Crippen MR) is 137 cm³/mol. The minimum absolute atomic E-state index is 0.304. The van der Waals surface area contributed by atoms with E-state index in [2.05, 4.69) is 84.3 Å². The van der Waals surface area contributed by atoms with E-state index < -0.39 is 0 Å². The van der Waals surface area contributed by atoms with Gasteiger partial charge < -0.3 is 9.67 Å². The summed E-state index contributed by atoms with van der Waals surface area (Å²) < 4.78 is 2.44. The van der Waals surface area contributed by atoms with Gasteiger partial charge in [0.2, 0.25) is 0 Å². The fourth-order valence-electron chi connectivity index (χ4n) is 5.50. The standard InChI is InChI=1S/C31H27NO/c1-21-27-11-5-6-12-28(27)31(25-16-14-23(15-17-25)22-8-3-2-4-9-22)32(21)30-13-7-10-24-18-19-26(33)20-29(24)30/h2-4,7-10,13-20,33H,5-6,11-12H2,1H3. The maximum Gasteiger partial charge on any atom is 0.116 e. The number of aromatic hydroxyl groups is 1. The molecule has 0 atom stereocenters. The lowest BCUT2D eigenvalue weighted by atomic mass is 9.90. The second-order valence-corrected chi connectivity index (χ2v) is 9.06. The predicted octanol–water partition coefficient (Wildman–Crippen LogP) is 7.86. The van der Waals surface area contributed by atoms with Crippen molar-refractivity contribution < 1.29 is 5.11 Å². The Kier molecular flexibility index (Phi) is 4.80. The lowest BCUT2D eigenvalue weighted by molar-refractivity contribution is 0.476. The van der Waals surface area contributed by atoms with E-state index >= 15 is 0 Å². The van der Waals surface area contributed by atoms with E-state index in [0.29, 0.717) is 5.75 Å². The van der Waals surface area contributed by atoms with Crippen LogP contribution in [-0.4, -0.2) is 9.67 Å². The van der Waals surface area contributed by atoms with E-state index in [4.69, 9.17) is 0 Å². The Labute approximate surface area is 194 Å². The van der Waals surface area contributed by atoms with E-state index in [1.165, 1.54) is 52.0 Å². The van der Waals surface area contributed by atoms with Gasteiger partial charge in [0, 0.05) is 11.1 Å². The molecule has 0 spiro atoms. The van der Waals surface area contributed by atoms with Crippen molar-refractivity contribution in [1.82, 2.24) is 4.57 Å². The van der Waals surface area contributed by atoms with Crippen LogP contribution in [-0.2, 0) is 12.8 Å². The van der Waals surface area contributed by atoms with Gasteiger partial charge in [-0.05, 0) is 84.0 Å². The monoisotopic (exact) mass is 429 g/mol. The summed E-state index contributed by atoms with van der Waals surface area (Å²) in [6, 6.07) is 31.6. The SMILES string of the molecule is Cc1c2c(c(-c3ccc(-c4ccccc4)cc3)n1-c1cccc3ccc(O)cc13)CCCC2. The molecule has 0 saturated carbocycles. The van der Waals surface area contributed by atoms with Crippen molar-refractivity contribution in [2.45, 2.75) is 32.6 Å². The van der Waals surface area contributed by atoms with Crippen LogP contribution in [0.15, 0.2) is 91.0 Å². The van der Waals surface area contributed by atoms with Gasteiger partial charge in [-0.15, -0.1) is 0 Å². The minimum atomic E-state index is 0.304. The molecule has 1 aromatic heterocycles. The van der Waals surface area contributed by atoms with Crippen LogP contribution in [0.2, 0.25) is 0 Å². The first-order chi connectivity index (χ1) is 16.2. The molecule has 1 heterocycles. The van der Waals surface area contributed by atoms with E-state index in [0.717, 1.165) is 29.3 Å². The minimum Gasteiger partial charge on any atom is -0.508 e. The maximum atomic E-state index is 10.2. The number of aromatic nitrogens is 1. The molecule has 0 fully saturated rings. The molecule has 33 heavy (non-hydrogen) atoms. The summed E-state index contributed by atoms with van der Waals surface area (Å²) in [6.07, 6.45) is 4.75. The number of nitrogens with zero attached hydrogens (tertiary/aromatic N) is 1. The molecule has 0 amide bonds. The third kappa shape index (κ3) is 3.34. The number of fused-ring (bicyclic) bond motifs is 2. The van der Waals surface area contributed by atoms with Crippen LogP contribution >= 0.6 is 0 Å². The second kappa shape index (κ2) is 7.97. The van der Waals surface area contributed by atoms with Gasteiger partial charge in [0.25, 0.3) is 0 Å². The number of benzene rings is 4. The van der Waals surface area contributed by atoms with E-state index in [-0.39, 0.29) is 0 Å². The normalized spacial score (nSPS) is 13.2. The maximum absolute atomic E-state index is 10.2. The Morgan fingerprint density at radius 1 is 0.667 bits per heavy atom. The molecule has 5 aromatic rings. The molecule has 1 aliphatic rings. The first kappa shape index (κ1) is 19.9. The van der Waals surface area contributed by atoms with Crippen molar-refractivity contribution in [2.24, 2.45) is 0 Å². The van der Waals surface area contributed by atoms with Crippen LogP contribution in [0.25, 0.3) is 38.8 Å². The quantitative estimate of drug-likeness (QED) is 0.310. The molecular formula is C31H27NO. The molecule has 6 rings (SSSR count). The zero-order valence-electron chi connectivity index (χ0n) is 18.9. The molecule has 0 radical (unpaired) electrons. The molecular weight excluding hydrogens is 402 g/mol. The highest BCUT2D eigenvalue weighted by Crippen LogP contribution is 2.40. The average Bonchev–Trinajstić information content (AvgIpc) is 3.16. The summed E-state index contributed by atoms with van der Waals surface area (Å²) in [4.78, 5) is 0. The molecule has 0 bridgehead atoms. The van der Waals surface area contributed by atoms with Crippen molar-refractivity contribution in [3.05, 3.63) is 108 Å². The largest absolute Gasteiger partial charge is 0.508 e. The molecule has 0 aliphatic heterocycles. The highest BCUT2D eigenvalue weighted by molar-refractivity contribution is 5.92. The van der Waals surface area contributed by atoms with Crippen LogP contribution in [0.5, 0.6) is 5.75 Å². The van der Waals surface area contributed by atoms with Crippen LogP contribution in [0.1, 0.15) is 29.7 Å². The summed E-state index contributed by atoms with van der Waals surface area (Å²) in [6.45, 7) is 2.26. The Hall–Kier alpha value is -3.78. The number of rotatable bonds is 3. The van der Waals surface area contributed by atoms with Crippen LogP contribution in [0, 0.1) is 6.92 Å². The van der Waals surface area contributed by atoms with E-state index in [1.54, 1.807) is 6.07 Å². The molecule has 1 N–H and O–H groups in total. The van der Waals surface area contributed by atoms with Crippen molar-refractivity contribution >= 4 is 10.8 Å². The van der Waals surface area contributed by atoms with Gasteiger partial charge in [-0.25, -0.2) is 0 Å². The van der Waals surface area contributed by atoms with Crippen LogP contribution in [0.4, 0.5) is 0 Å². The highest BCUT2D eigenvalue weighted by Gasteiger charge is 2.25. The number of phenolic OH excluding ortho intramolecular Hbond substituents is 1. The summed E-state index contributed by atoms with van der Waals surface area (Å²) in [5.74, 6) is 0.304. The van der Waals surface area contributed by atoms with Crippen molar-refractivity contribution in [2.75, 3.05) is 0 Å². The fraction of sp³-hybridized carbons (Fsp3) is 0.161. The number of hydrogen-bond donors (Lipinski definition) is 1. The van der Waals surface area contributed by atoms with Gasteiger partial charge in [-0.2, -0.15) is 0 Å². The van der Waals surface area contributed by atoms with E-state index in [1.807, 2.05) is 12.1 Å². The van der Waals surface area contributed by atoms with Gasteiger partial charge in [0.15, 0.2) is 0 Å². The van der Waals surface area contributed by atoms with Crippen LogP contribution in [0.3, 0.4) is 0 Å². The summed E-state index contributed by atoms with van der Waals surface area (Å²) in [5.41, 5.74) is 10.5. The zero-order valence-corrected chi connectivity index (χ0v) is 18.9.